The number of amides is 2. The molecule has 0 unspecified atom stereocenters. The second-order valence-electron chi connectivity index (χ2n) is 3.63. The van der Waals surface area contributed by atoms with E-state index >= 15 is 0 Å². The van der Waals surface area contributed by atoms with Gasteiger partial charge in [-0.05, 0) is 17.7 Å². The SMILES string of the molecule is COCCNC(=O)OCc1ccc(C(=O)NS)cc1. The summed E-state index contributed by atoms with van der Waals surface area (Å²) < 4.78 is 12.0. The third-order valence-electron chi connectivity index (χ3n) is 2.26. The van der Waals surface area contributed by atoms with E-state index in [0.717, 1.165) is 5.56 Å². The zero-order valence-corrected chi connectivity index (χ0v) is 11.4. The van der Waals surface area contributed by atoms with Gasteiger partial charge in [0.25, 0.3) is 5.91 Å². The molecule has 0 aliphatic rings. The number of carbonyl (C=O) groups excluding carboxylic acids is 2. The lowest BCUT2D eigenvalue weighted by atomic mass is 10.1. The minimum absolute atomic E-state index is 0.140. The third kappa shape index (κ3) is 5.62. The van der Waals surface area contributed by atoms with Crippen molar-refractivity contribution in [3.05, 3.63) is 35.4 Å². The van der Waals surface area contributed by atoms with Crippen molar-refractivity contribution in [3.63, 3.8) is 0 Å². The van der Waals surface area contributed by atoms with E-state index in [4.69, 9.17) is 9.47 Å². The molecule has 0 aliphatic heterocycles. The highest BCUT2D eigenvalue weighted by Crippen LogP contribution is 2.06. The van der Waals surface area contributed by atoms with E-state index in [2.05, 4.69) is 22.9 Å². The second kappa shape index (κ2) is 8.39. The molecule has 0 heterocycles. The lowest BCUT2D eigenvalue weighted by Crippen LogP contribution is -2.27. The van der Waals surface area contributed by atoms with Crippen LogP contribution in [0.3, 0.4) is 0 Å². The van der Waals surface area contributed by atoms with Crippen LogP contribution in [-0.4, -0.2) is 32.3 Å². The molecular formula is C12H16N2O4S. The Hall–Kier alpha value is -1.73. The molecule has 0 aliphatic carbocycles. The molecule has 2 N–H and O–H groups in total. The second-order valence-corrected chi connectivity index (χ2v) is 3.86. The monoisotopic (exact) mass is 284 g/mol. The van der Waals surface area contributed by atoms with Gasteiger partial charge in [0.2, 0.25) is 0 Å². The van der Waals surface area contributed by atoms with Gasteiger partial charge in [0.05, 0.1) is 6.61 Å². The molecule has 0 atom stereocenters. The molecule has 0 saturated heterocycles. The third-order valence-corrected chi connectivity index (χ3v) is 2.47. The van der Waals surface area contributed by atoms with Crippen LogP contribution in [0.2, 0.25) is 0 Å². The number of benzene rings is 1. The van der Waals surface area contributed by atoms with Gasteiger partial charge < -0.3 is 14.8 Å². The Balaban J connectivity index is 2.37. The average Bonchev–Trinajstić information content (AvgIpc) is 2.45. The topological polar surface area (TPSA) is 76.7 Å². The highest BCUT2D eigenvalue weighted by atomic mass is 32.1. The Labute approximate surface area is 117 Å². The summed E-state index contributed by atoms with van der Waals surface area (Å²) >= 11 is 3.67. The number of alkyl carbamates (subject to hydrolysis) is 1. The van der Waals surface area contributed by atoms with E-state index in [1.807, 2.05) is 0 Å². The quantitative estimate of drug-likeness (QED) is 0.541. The van der Waals surface area contributed by atoms with Gasteiger partial charge >= 0.3 is 6.09 Å². The molecule has 0 spiro atoms. The molecule has 0 fully saturated rings. The van der Waals surface area contributed by atoms with Crippen LogP contribution in [0.1, 0.15) is 15.9 Å². The predicted molar refractivity (Wildman–Crippen MR) is 73.0 cm³/mol. The first-order chi connectivity index (χ1) is 9.17. The van der Waals surface area contributed by atoms with E-state index in [1.54, 1.807) is 31.4 Å². The van der Waals surface area contributed by atoms with Gasteiger partial charge in [-0.25, -0.2) is 4.79 Å². The van der Waals surface area contributed by atoms with Crippen molar-refractivity contribution in [2.75, 3.05) is 20.3 Å². The first-order valence-corrected chi connectivity index (χ1v) is 6.05. The fraction of sp³-hybridized carbons (Fsp3) is 0.333. The first-order valence-electron chi connectivity index (χ1n) is 5.60. The molecule has 2 amide bonds. The van der Waals surface area contributed by atoms with E-state index in [-0.39, 0.29) is 12.5 Å². The molecule has 0 bridgehead atoms. The minimum atomic E-state index is -0.505. The molecule has 7 heteroatoms. The highest BCUT2D eigenvalue weighted by molar-refractivity contribution is 7.78. The van der Waals surface area contributed by atoms with Crippen molar-refractivity contribution < 1.29 is 19.1 Å². The summed E-state index contributed by atoms with van der Waals surface area (Å²) in [5.41, 5.74) is 1.28. The molecule has 0 saturated carbocycles. The molecule has 0 aromatic heterocycles. The summed E-state index contributed by atoms with van der Waals surface area (Å²) in [6, 6.07) is 6.68. The van der Waals surface area contributed by atoms with Crippen molar-refractivity contribution in [1.29, 1.82) is 0 Å². The van der Waals surface area contributed by atoms with Crippen molar-refractivity contribution in [2.45, 2.75) is 6.61 Å². The van der Waals surface area contributed by atoms with Crippen molar-refractivity contribution in [1.82, 2.24) is 10.0 Å². The van der Waals surface area contributed by atoms with Gasteiger partial charge in [0.15, 0.2) is 0 Å². The standard InChI is InChI=1S/C12H16N2O4S/c1-17-7-6-13-12(16)18-8-9-2-4-10(5-3-9)11(15)14-19/h2-5,19H,6-8H2,1H3,(H,13,16)(H,14,15). The first kappa shape index (κ1) is 15.3. The van der Waals surface area contributed by atoms with E-state index in [1.165, 1.54) is 0 Å². The summed E-state index contributed by atoms with van der Waals surface area (Å²) in [7, 11) is 1.55. The van der Waals surface area contributed by atoms with Gasteiger partial charge in [-0.2, -0.15) is 0 Å². The van der Waals surface area contributed by atoms with Crippen LogP contribution < -0.4 is 10.0 Å². The molecule has 1 aromatic carbocycles. The molecule has 6 nitrogen and oxygen atoms in total. The fourth-order valence-electron chi connectivity index (χ4n) is 1.27. The van der Waals surface area contributed by atoms with Gasteiger partial charge in [0.1, 0.15) is 6.61 Å². The summed E-state index contributed by atoms with van der Waals surface area (Å²) in [5.74, 6) is -0.284. The van der Waals surface area contributed by atoms with E-state index < -0.39 is 6.09 Å². The Morgan fingerprint density at radius 3 is 2.53 bits per heavy atom. The fourth-order valence-corrected chi connectivity index (χ4v) is 1.40. The van der Waals surface area contributed by atoms with Gasteiger partial charge in [-0.15, -0.1) is 0 Å². The predicted octanol–water partition coefficient (Wildman–Crippen LogP) is 1.13. The Morgan fingerprint density at radius 2 is 1.95 bits per heavy atom. The number of hydrogen-bond donors (Lipinski definition) is 3. The maximum absolute atomic E-state index is 11.2. The summed E-state index contributed by atoms with van der Waals surface area (Å²) in [6.07, 6.45) is -0.505. The van der Waals surface area contributed by atoms with Crippen molar-refractivity contribution >= 4 is 24.8 Å². The summed E-state index contributed by atoms with van der Waals surface area (Å²) in [4.78, 5) is 22.5. The number of thiol groups is 1. The lowest BCUT2D eigenvalue weighted by molar-refractivity contribution is 0.0984. The number of ether oxygens (including phenoxy) is 2. The molecule has 19 heavy (non-hydrogen) atoms. The zero-order chi connectivity index (χ0) is 14.1. The lowest BCUT2D eigenvalue weighted by Gasteiger charge is -2.07. The van der Waals surface area contributed by atoms with Crippen molar-refractivity contribution in [3.8, 4) is 0 Å². The maximum atomic E-state index is 11.2. The number of carbonyl (C=O) groups is 2. The van der Waals surface area contributed by atoms with Crippen LogP contribution in [0.25, 0.3) is 0 Å². The summed E-state index contributed by atoms with van der Waals surface area (Å²) in [5, 5.41) is 2.53. The van der Waals surface area contributed by atoms with Gasteiger partial charge in [0, 0.05) is 19.2 Å². The smallest absolute Gasteiger partial charge is 0.407 e. The molecular weight excluding hydrogens is 268 g/mol. The average molecular weight is 284 g/mol. The largest absolute Gasteiger partial charge is 0.445 e. The van der Waals surface area contributed by atoms with Gasteiger partial charge in [-0.1, -0.05) is 24.9 Å². The van der Waals surface area contributed by atoms with E-state index in [9.17, 15) is 9.59 Å². The van der Waals surface area contributed by atoms with Crippen LogP contribution in [0.4, 0.5) is 4.79 Å². The van der Waals surface area contributed by atoms with Crippen LogP contribution in [-0.2, 0) is 16.1 Å². The zero-order valence-electron chi connectivity index (χ0n) is 10.5. The Morgan fingerprint density at radius 1 is 1.26 bits per heavy atom. The highest BCUT2D eigenvalue weighted by Gasteiger charge is 2.04. The number of hydrogen-bond acceptors (Lipinski definition) is 5. The molecule has 1 aromatic rings. The van der Waals surface area contributed by atoms with E-state index in [0.29, 0.717) is 18.7 Å². The normalized spacial score (nSPS) is 9.79. The Kier molecular flexibility index (Phi) is 6.76. The number of nitrogens with one attached hydrogen (secondary N) is 2. The Bertz CT molecular complexity index is 422. The molecule has 104 valence electrons. The van der Waals surface area contributed by atoms with Crippen LogP contribution >= 0.6 is 12.8 Å². The molecule has 1 rings (SSSR count). The number of rotatable bonds is 6. The number of methoxy groups -OCH3 is 1. The van der Waals surface area contributed by atoms with Crippen LogP contribution in [0.5, 0.6) is 0 Å². The maximum Gasteiger partial charge on any atom is 0.407 e. The summed E-state index contributed by atoms with van der Waals surface area (Å²) in [6.45, 7) is 0.973. The van der Waals surface area contributed by atoms with Crippen LogP contribution in [0.15, 0.2) is 24.3 Å². The van der Waals surface area contributed by atoms with Crippen LogP contribution in [0, 0.1) is 0 Å². The van der Waals surface area contributed by atoms with Gasteiger partial charge in [-0.3, -0.25) is 9.52 Å². The molecule has 0 radical (unpaired) electrons. The minimum Gasteiger partial charge on any atom is -0.445 e. The van der Waals surface area contributed by atoms with Crippen molar-refractivity contribution in [2.24, 2.45) is 0 Å².